The topological polar surface area (TPSA) is 18.5 Å². The van der Waals surface area contributed by atoms with E-state index in [0.717, 1.165) is 17.6 Å². The number of piperazine rings is 1. The third kappa shape index (κ3) is 3.70. The van der Waals surface area contributed by atoms with E-state index >= 15 is 0 Å². The summed E-state index contributed by atoms with van der Waals surface area (Å²) in [4.78, 5) is 4.96. The summed E-state index contributed by atoms with van der Waals surface area (Å²) in [6.07, 6.45) is 0. The number of hydrogen-bond donors (Lipinski definition) is 1. The van der Waals surface area contributed by atoms with Gasteiger partial charge in [0.25, 0.3) is 0 Å². The first-order valence-corrected chi connectivity index (χ1v) is 7.37. The van der Waals surface area contributed by atoms with E-state index in [-0.39, 0.29) is 0 Å². The molecule has 0 radical (unpaired) electrons. The van der Waals surface area contributed by atoms with Crippen molar-refractivity contribution >= 4 is 21.6 Å². The minimum absolute atomic E-state index is 0.657. The van der Waals surface area contributed by atoms with Gasteiger partial charge in [0.05, 0.1) is 0 Å². The third-order valence-electron chi connectivity index (χ3n) is 3.56. The molecule has 3 nitrogen and oxygen atoms in total. The number of nitrogens with one attached hydrogen (secondary N) is 1. The summed E-state index contributed by atoms with van der Waals surface area (Å²) in [5.74, 6) is 0. The van der Waals surface area contributed by atoms with Crippen molar-refractivity contribution in [2.45, 2.75) is 13.0 Å². The number of likely N-dealkylation sites (N-methyl/N-ethyl adjacent to an activating group) is 1. The van der Waals surface area contributed by atoms with Gasteiger partial charge in [-0.1, -0.05) is 12.1 Å². The Morgan fingerprint density at radius 3 is 2.83 bits per heavy atom. The highest BCUT2D eigenvalue weighted by molar-refractivity contribution is 9.10. The van der Waals surface area contributed by atoms with Gasteiger partial charge in [-0.2, -0.15) is 0 Å². The molecule has 0 amide bonds. The van der Waals surface area contributed by atoms with Gasteiger partial charge < -0.3 is 10.2 Å². The molecule has 1 aliphatic heterocycles. The van der Waals surface area contributed by atoms with E-state index in [1.165, 1.54) is 25.3 Å². The molecule has 1 aromatic rings. The van der Waals surface area contributed by atoms with Crippen LogP contribution in [0.2, 0.25) is 0 Å². The Labute approximate surface area is 118 Å². The van der Waals surface area contributed by atoms with E-state index in [4.69, 9.17) is 0 Å². The Hall–Kier alpha value is -0.580. The van der Waals surface area contributed by atoms with Crippen LogP contribution in [0.25, 0.3) is 0 Å². The molecular formula is C14H22BrN3. The van der Waals surface area contributed by atoms with Gasteiger partial charge in [-0.15, -0.1) is 0 Å². The zero-order valence-corrected chi connectivity index (χ0v) is 12.8. The van der Waals surface area contributed by atoms with Crippen LogP contribution in [0, 0.1) is 0 Å². The molecule has 1 aliphatic rings. The molecule has 100 valence electrons. The van der Waals surface area contributed by atoms with E-state index in [9.17, 15) is 0 Å². The van der Waals surface area contributed by atoms with Crippen LogP contribution < -0.4 is 5.32 Å². The molecule has 1 unspecified atom stereocenters. The molecule has 1 N–H and O–H groups in total. The number of halogens is 1. The fourth-order valence-electron chi connectivity index (χ4n) is 2.45. The second-order valence-corrected chi connectivity index (χ2v) is 5.91. The van der Waals surface area contributed by atoms with E-state index in [1.807, 2.05) is 6.07 Å². The number of para-hydroxylation sites is 1. The van der Waals surface area contributed by atoms with Gasteiger partial charge in [0.15, 0.2) is 0 Å². The minimum Gasteiger partial charge on any atom is -0.383 e. The zero-order valence-electron chi connectivity index (χ0n) is 11.2. The maximum Gasteiger partial charge on any atom is 0.0485 e. The number of hydrogen-bond acceptors (Lipinski definition) is 3. The summed E-state index contributed by atoms with van der Waals surface area (Å²) in [6, 6.07) is 8.94. The van der Waals surface area contributed by atoms with Crippen LogP contribution >= 0.6 is 15.9 Å². The van der Waals surface area contributed by atoms with Crippen molar-refractivity contribution in [3.63, 3.8) is 0 Å². The molecule has 18 heavy (non-hydrogen) atoms. The van der Waals surface area contributed by atoms with Crippen LogP contribution in [0.4, 0.5) is 5.69 Å². The zero-order chi connectivity index (χ0) is 13.0. The average Bonchev–Trinajstić information content (AvgIpc) is 2.34. The van der Waals surface area contributed by atoms with Crippen molar-refractivity contribution in [2.75, 3.05) is 45.1 Å². The largest absolute Gasteiger partial charge is 0.383 e. The predicted molar refractivity (Wildman–Crippen MR) is 81.2 cm³/mol. The van der Waals surface area contributed by atoms with E-state index in [2.05, 4.69) is 63.2 Å². The monoisotopic (exact) mass is 311 g/mol. The van der Waals surface area contributed by atoms with E-state index < -0.39 is 0 Å². The van der Waals surface area contributed by atoms with Crippen molar-refractivity contribution < 1.29 is 0 Å². The quantitative estimate of drug-likeness (QED) is 0.921. The highest BCUT2D eigenvalue weighted by Gasteiger charge is 2.20. The molecule has 1 atom stereocenters. The predicted octanol–water partition coefficient (Wildman–Crippen LogP) is 2.50. The summed E-state index contributed by atoms with van der Waals surface area (Å²) in [5.41, 5.74) is 1.18. The first kappa shape index (κ1) is 13.8. The van der Waals surface area contributed by atoms with Gasteiger partial charge in [0.2, 0.25) is 0 Å². The van der Waals surface area contributed by atoms with Crippen molar-refractivity contribution in [1.29, 1.82) is 0 Å². The normalized spacial score (nSPS) is 22.1. The lowest BCUT2D eigenvalue weighted by Crippen LogP contribution is -2.51. The number of nitrogens with zero attached hydrogens (tertiary/aromatic N) is 2. The first-order valence-electron chi connectivity index (χ1n) is 6.58. The number of anilines is 1. The lowest BCUT2D eigenvalue weighted by Gasteiger charge is -2.38. The van der Waals surface area contributed by atoms with Crippen molar-refractivity contribution in [3.8, 4) is 0 Å². The molecule has 0 aromatic heterocycles. The van der Waals surface area contributed by atoms with Gasteiger partial charge in [-0.05, 0) is 42.0 Å². The SMILES string of the molecule is CC1CN(C)CCN1CCNc1ccccc1Br. The fourth-order valence-corrected chi connectivity index (χ4v) is 2.87. The Morgan fingerprint density at radius 2 is 2.11 bits per heavy atom. The highest BCUT2D eigenvalue weighted by atomic mass is 79.9. The average molecular weight is 312 g/mol. The highest BCUT2D eigenvalue weighted by Crippen LogP contribution is 2.20. The number of benzene rings is 1. The Kier molecular flexibility index (Phi) is 5.03. The van der Waals surface area contributed by atoms with Crippen LogP contribution in [-0.2, 0) is 0 Å². The van der Waals surface area contributed by atoms with Crippen LogP contribution in [0.1, 0.15) is 6.92 Å². The van der Waals surface area contributed by atoms with Crippen LogP contribution in [0.15, 0.2) is 28.7 Å². The maximum atomic E-state index is 3.56. The van der Waals surface area contributed by atoms with Gasteiger partial charge in [0, 0.05) is 48.9 Å². The lowest BCUT2D eigenvalue weighted by molar-refractivity contribution is 0.104. The second kappa shape index (κ2) is 6.55. The van der Waals surface area contributed by atoms with Crippen molar-refractivity contribution in [3.05, 3.63) is 28.7 Å². The van der Waals surface area contributed by atoms with Crippen LogP contribution in [0.5, 0.6) is 0 Å². The lowest BCUT2D eigenvalue weighted by atomic mass is 10.2. The van der Waals surface area contributed by atoms with Gasteiger partial charge in [0.1, 0.15) is 0 Å². The molecule has 1 heterocycles. The van der Waals surface area contributed by atoms with Crippen molar-refractivity contribution in [1.82, 2.24) is 9.80 Å². The molecule has 1 fully saturated rings. The second-order valence-electron chi connectivity index (χ2n) is 5.05. The summed E-state index contributed by atoms with van der Waals surface area (Å²) in [7, 11) is 2.20. The van der Waals surface area contributed by atoms with Gasteiger partial charge in [-0.3, -0.25) is 4.90 Å². The Balaban J connectivity index is 1.77. The maximum absolute atomic E-state index is 3.56. The van der Waals surface area contributed by atoms with Crippen LogP contribution in [-0.4, -0.2) is 55.6 Å². The van der Waals surface area contributed by atoms with Crippen LogP contribution in [0.3, 0.4) is 0 Å². The van der Waals surface area contributed by atoms with E-state index in [1.54, 1.807) is 0 Å². The molecule has 0 aliphatic carbocycles. The van der Waals surface area contributed by atoms with Gasteiger partial charge >= 0.3 is 0 Å². The molecule has 0 spiro atoms. The summed E-state index contributed by atoms with van der Waals surface area (Å²) < 4.78 is 1.14. The third-order valence-corrected chi connectivity index (χ3v) is 4.25. The molecule has 0 saturated carbocycles. The molecular weight excluding hydrogens is 290 g/mol. The smallest absolute Gasteiger partial charge is 0.0485 e. The van der Waals surface area contributed by atoms with Crippen molar-refractivity contribution in [2.24, 2.45) is 0 Å². The molecule has 0 bridgehead atoms. The number of rotatable bonds is 4. The van der Waals surface area contributed by atoms with E-state index in [0.29, 0.717) is 6.04 Å². The molecule has 1 saturated heterocycles. The Bertz CT molecular complexity index is 383. The summed E-state index contributed by atoms with van der Waals surface area (Å²) >= 11 is 3.56. The standard InChI is InChI=1S/C14H22BrN3/c1-12-11-17(2)9-10-18(12)8-7-16-14-6-4-3-5-13(14)15/h3-6,12,16H,7-11H2,1-2H3. The first-order chi connectivity index (χ1) is 8.66. The summed E-state index contributed by atoms with van der Waals surface area (Å²) in [5, 5.41) is 3.49. The van der Waals surface area contributed by atoms with Gasteiger partial charge in [-0.25, -0.2) is 0 Å². The minimum atomic E-state index is 0.657. The molecule has 4 heteroatoms. The fraction of sp³-hybridized carbons (Fsp3) is 0.571. The molecule has 2 rings (SSSR count). The summed E-state index contributed by atoms with van der Waals surface area (Å²) in [6.45, 7) is 7.95. The molecule has 1 aromatic carbocycles. The Morgan fingerprint density at radius 1 is 1.33 bits per heavy atom.